The monoisotopic (exact) mass is 400 g/mol. The second kappa shape index (κ2) is 8.41. The van der Waals surface area contributed by atoms with Gasteiger partial charge in [-0.2, -0.15) is 0 Å². The fraction of sp³-hybridized carbons (Fsp3) is 0.200. The summed E-state index contributed by atoms with van der Waals surface area (Å²) >= 11 is 0. The average Bonchev–Trinajstić information content (AvgIpc) is 3.20. The molecule has 0 fully saturated rings. The van der Waals surface area contributed by atoms with Crippen LogP contribution >= 0.6 is 0 Å². The molecule has 0 bridgehead atoms. The molecule has 4 rings (SSSR count). The van der Waals surface area contributed by atoms with Gasteiger partial charge >= 0.3 is 0 Å². The van der Waals surface area contributed by atoms with E-state index in [1.54, 1.807) is 31.4 Å². The van der Waals surface area contributed by atoms with Crippen LogP contribution in [0.4, 0.5) is 5.69 Å². The van der Waals surface area contributed by atoms with Crippen LogP contribution in [0.3, 0.4) is 0 Å². The highest BCUT2D eigenvalue weighted by Crippen LogP contribution is 2.30. The number of benzene rings is 3. The molecule has 0 atom stereocenters. The Labute approximate surface area is 176 Å². The SMILES string of the molecule is COc1cccc(C(=O)NCc2ccc3c(c2)CCN3C(=O)c2cccc(C)c2)c1. The molecule has 1 heterocycles. The van der Waals surface area contributed by atoms with Gasteiger partial charge in [-0.25, -0.2) is 0 Å². The second-order valence-electron chi connectivity index (χ2n) is 7.45. The highest BCUT2D eigenvalue weighted by Gasteiger charge is 2.25. The highest BCUT2D eigenvalue weighted by atomic mass is 16.5. The Bertz CT molecular complexity index is 1110. The van der Waals surface area contributed by atoms with Crippen molar-refractivity contribution in [2.75, 3.05) is 18.6 Å². The molecule has 5 heteroatoms. The first kappa shape index (κ1) is 19.7. The van der Waals surface area contributed by atoms with Crippen LogP contribution in [0.5, 0.6) is 5.75 Å². The Morgan fingerprint density at radius 2 is 1.80 bits per heavy atom. The Morgan fingerprint density at radius 1 is 1.00 bits per heavy atom. The standard InChI is InChI=1S/C25H24N2O3/c1-17-5-3-7-21(13-17)25(29)27-12-11-19-14-18(9-10-23(19)27)16-26-24(28)20-6-4-8-22(15-20)30-2/h3-10,13-15H,11-12,16H2,1-2H3,(H,26,28). The summed E-state index contributed by atoms with van der Waals surface area (Å²) in [5.41, 5.74) is 5.42. The fourth-order valence-corrected chi connectivity index (χ4v) is 3.76. The van der Waals surface area contributed by atoms with Crippen LogP contribution in [-0.2, 0) is 13.0 Å². The molecule has 2 amide bonds. The molecule has 1 N–H and O–H groups in total. The number of methoxy groups -OCH3 is 1. The Balaban J connectivity index is 1.44. The van der Waals surface area contributed by atoms with Gasteiger partial charge in [-0.1, -0.05) is 35.9 Å². The Kier molecular flexibility index (Phi) is 5.53. The molecule has 30 heavy (non-hydrogen) atoms. The molecule has 3 aromatic carbocycles. The van der Waals surface area contributed by atoms with E-state index in [0.717, 1.165) is 28.8 Å². The lowest BCUT2D eigenvalue weighted by Crippen LogP contribution is -2.28. The van der Waals surface area contributed by atoms with Crippen LogP contribution < -0.4 is 15.0 Å². The lowest BCUT2D eigenvalue weighted by Gasteiger charge is -2.18. The van der Waals surface area contributed by atoms with Crippen LogP contribution in [0.25, 0.3) is 0 Å². The van der Waals surface area contributed by atoms with Gasteiger partial charge in [0.15, 0.2) is 0 Å². The first-order valence-corrected chi connectivity index (χ1v) is 9.98. The second-order valence-corrected chi connectivity index (χ2v) is 7.45. The lowest BCUT2D eigenvalue weighted by molar-refractivity contribution is 0.0949. The number of carbonyl (C=O) groups excluding carboxylic acids is 2. The number of hydrogen-bond donors (Lipinski definition) is 1. The van der Waals surface area contributed by atoms with Crippen LogP contribution in [0, 0.1) is 6.92 Å². The van der Waals surface area contributed by atoms with E-state index in [1.807, 2.05) is 48.2 Å². The van der Waals surface area contributed by atoms with Gasteiger partial charge in [-0.05, 0) is 60.9 Å². The molecular weight excluding hydrogens is 376 g/mol. The van der Waals surface area contributed by atoms with E-state index in [1.165, 1.54) is 0 Å². The molecule has 0 saturated carbocycles. The quantitative estimate of drug-likeness (QED) is 0.700. The Morgan fingerprint density at radius 3 is 2.60 bits per heavy atom. The summed E-state index contributed by atoms with van der Waals surface area (Å²) in [5, 5.41) is 2.95. The zero-order chi connectivity index (χ0) is 21.1. The van der Waals surface area contributed by atoms with Crippen molar-refractivity contribution < 1.29 is 14.3 Å². The zero-order valence-electron chi connectivity index (χ0n) is 17.1. The number of fused-ring (bicyclic) bond motifs is 1. The topological polar surface area (TPSA) is 58.6 Å². The van der Waals surface area contributed by atoms with Gasteiger partial charge in [-0.15, -0.1) is 0 Å². The molecule has 1 aliphatic heterocycles. The fourth-order valence-electron chi connectivity index (χ4n) is 3.76. The number of amides is 2. The van der Waals surface area contributed by atoms with Crippen molar-refractivity contribution in [3.05, 3.63) is 94.5 Å². The maximum atomic E-state index is 12.9. The third-order valence-corrected chi connectivity index (χ3v) is 5.33. The summed E-state index contributed by atoms with van der Waals surface area (Å²) in [6.45, 7) is 3.08. The average molecular weight is 400 g/mol. The first-order valence-electron chi connectivity index (χ1n) is 9.98. The zero-order valence-corrected chi connectivity index (χ0v) is 17.1. The predicted octanol–water partition coefficient (Wildman–Crippen LogP) is 4.14. The van der Waals surface area contributed by atoms with Gasteiger partial charge in [-0.3, -0.25) is 9.59 Å². The summed E-state index contributed by atoms with van der Waals surface area (Å²) in [4.78, 5) is 27.2. The van der Waals surface area contributed by atoms with E-state index in [-0.39, 0.29) is 11.8 Å². The van der Waals surface area contributed by atoms with Crippen molar-refractivity contribution >= 4 is 17.5 Å². The minimum Gasteiger partial charge on any atom is -0.497 e. The summed E-state index contributed by atoms with van der Waals surface area (Å²) in [6.07, 6.45) is 0.810. The molecular formula is C25H24N2O3. The van der Waals surface area contributed by atoms with Crippen LogP contribution in [0.1, 0.15) is 37.4 Å². The minimum atomic E-state index is -0.148. The minimum absolute atomic E-state index is 0.0246. The van der Waals surface area contributed by atoms with Crippen LogP contribution in [0.15, 0.2) is 66.7 Å². The molecule has 1 aliphatic rings. The number of rotatable bonds is 5. The van der Waals surface area contributed by atoms with E-state index in [2.05, 4.69) is 11.4 Å². The maximum absolute atomic E-state index is 12.9. The molecule has 0 aromatic heterocycles. The molecule has 0 saturated heterocycles. The van der Waals surface area contributed by atoms with Gasteiger partial charge < -0.3 is 15.0 Å². The smallest absolute Gasteiger partial charge is 0.258 e. The Hall–Kier alpha value is -3.60. The lowest BCUT2D eigenvalue weighted by atomic mass is 10.1. The third kappa shape index (κ3) is 4.06. The first-order chi connectivity index (χ1) is 14.5. The normalized spacial score (nSPS) is 12.4. The summed E-state index contributed by atoms with van der Waals surface area (Å²) in [5.74, 6) is 0.528. The number of anilines is 1. The van der Waals surface area contributed by atoms with E-state index < -0.39 is 0 Å². The van der Waals surface area contributed by atoms with Crippen molar-refractivity contribution in [2.45, 2.75) is 19.9 Å². The van der Waals surface area contributed by atoms with E-state index in [9.17, 15) is 9.59 Å². The largest absolute Gasteiger partial charge is 0.497 e. The molecule has 5 nitrogen and oxygen atoms in total. The van der Waals surface area contributed by atoms with Crippen LogP contribution in [0.2, 0.25) is 0 Å². The summed E-state index contributed by atoms with van der Waals surface area (Å²) in [6, 6.07) is 20.8. The number of aryl methyl sites for hydroxylation is 1. The number of ether oxygens (including phenoxy) is 1. The molecule has 152 valence electrons. The molecule has 0 radical (unpaired) electrons. The molecule has 0 unspecified atom stereocenters. The van der Waals surface area contributed by atoms with Crippen molar-refractivity contribution in [1.29, 1.82) is 0 Å². The van der Waals surface area contributed by atoms with Gasteiger partial charge in [0.25, 0.3) is 11.8 Å². The predicted molar refractivity (Wildman–Crippen MR) is 117 cm³/mol. The van der Waals surface area contributed by atoms with E-state index in [4.69, 9.17) is 4.74 Å². The van der Waals surface area contributed by atoms with Crippen LogP contribution in [-0.4, -0.2) is 25.5 Å². The van der Waals surface area contributed by atoms with Gasteiger partial charge in [0.05, 0.1) is 7.11 Å². The summed E-state index contributed by atoms with van der Waals surface area (Å²) < 4.78 is 5.17. The van der Waals surface area contributed by atoms with Crippen molar-refractivity contribution in [3.63, 3.8) is 0 Å². The van der Waals surface area contributed by atoms with Crippen molar-refractivity contribution in [1.82, 2.24) is 5.32 Å². The molecule has 0 aliphatic carbocycles. The number of carbonyl (C=O) groups is 2. The van der Waals surface area contributed by atoms with Crippen molar-refractivity contribution in [2.24, 2.45) is 0 Å². The molecule has 3 aromatic rings. The van der Waals surface area contributed by atoms with E-state index >= 15 is 0 Å². The van der Waals surface area contributed by atoms with E-state index in [0.29, 0.717) is 30.0 Å². The number of hydrogen-bond acceptors (Lipinski definition) is 3. The van der Waals surface area contributed by atoms with Gasteiger partial charge in [0.2, 0.25) is 0 Å². The number of nitrogens with zero attached hydrogens (tertiary/aromatic N) is 1. The third-order valence-electron chi connectivity index (χ3n) is 5.33. The highest BCUT2D eigenvalue weighted by molar-refractivity contribution is 6.07. The molecule has 0 spiro atoms. The van der Waals surface area contributed by atoms with Crippen molar-refractivity contribution in [3.8, 4) is 5.75 Å². The maximum Gasteiger partial charge on any atom is 0.258 e. The summed E-state index contributed by atoms with van der Waals surface area (Å²) in [7, 11) is 1.58. The number of nitrogens with one attached hydrogen (secondary N) is 1. The van der Waals surface area contributed by atoms with Gasteiger partial charge in [0, 0.05) is 29.9 Å². The van der Waals surface area contributed by atoms with Gasteiger partial charge in [0.1, 0.15) is 5.75 Å².